The van der Waals surface area contributed by atoms with Gasteiger partial charge < -0.3 is 14.6 Å². The van der Waals surface area contributed by atoms with Gasteiger partial charge in [-0.05, 0) is 50.5 Å². The lowest BCUT2D eigenvalue weighted by atomic mass is 10.0. The molecule has 3 heterocycles. The lowest BCUT2D eigenvalue weighted by molar-refractivity contribution is 0.0115. The first-order valence-corrected chi connectivity index (χ1v) is 11.9. The van der Waals surface area contributed by atoms with E-state index in [0.717, 1.165) is 67.6 Å². The maximum atomic E-state index is 12.7. The normalized spacial score (nSPS) is 18.7. The molecule has 3 aliphatic heterocycles. The number of hydrogen-bond acceptors (Lipinski definition) is 5. The molecule has 6 nitrogen and oxygen atoms in total. The smallest absolute Gasteiger partial charge is 0.258 e. The highest BCUT2D eigenvalue weighted by Gasteiger charge is 2.26. The Balaban J connectivity index is 1.36. The maximum absolute atomic E-state index is 12.7. The number of fused-ring (bicyclic) bond motifs is 1. The number of rotatable bonds is 4. The summed E-state index contributed by atoms with van der Waals surface area (Å²) in [5.41, 5.74) is 6.29. The minimum absolute atomic E-state index is 0.0866. The van der Waals surface area contributed by atoms with E-state index < -0.39 is 0 Å². The Morgan fingerprint density at radius 2 is 1.79 bits per heavy atom. The van der Waals surface area contributed by atoms with Crippen LogP contribution in [0.15, 0.2) is 58.3 Å². The molecule has 1 aromatic rings. The number of aliphatic imine (C=N–C) groups is 1. The molecular weight excluding hydrogens is 412 g/mol. The van der Waals surface area contributed by atoms with Crippen LogP contribution < -0.4 is 10.5 Å². The predicted octanol–water partition coefficient (Wildman–Crippen LogP) is 4.23. The Hall–Kier alpha value is -2.96. The van der Waals surface area contributed by atoms with Crippen molar-refractivity contribution < 1.29 is 4.74 Å². The molecule has 5 rings (SSSR count). The van der Waals surface area contributed by atoms with Gasteiger partial charge in [-0.1, -0.05) is 30.3 Å². The second-order valence-electron chi connectivity index (χ2n) is 9.10. The number of nitrogens with one attached hydrogen (secondary N) is 1. The molecule has 2 saturated heterocycles. The fourth-order valence-corrected chi connectivity index (χ4v) is 5.12. The van der Waals surface area contributed by atoms with Gasteiger partial charge in [-0.15, -0.1) is 0 Å². The van der Waals surface area contributed by atoms with Crippen LogP contribution in [-0.2, 0) is 4.74 Å². The fourth-order valence-electron chi connectivity index (χ4n) is 5.12. The molecule has 0 amide bonds. The quantitative estimate of drug-likeness (QED) is 0.612. The van der Waals surface area contributed by atoms with E-state index in [-0.39, 0.29) is 5.56 Å². The number of ether oxygens (including phenoxy) is 1. The standard InChI is InChI=1S/C27H32N4O2/c1-19-8-9-22(30-12-10-21(11-13-30)31-14-16-33-17-15-31)18-25(19)28-20(2)26-23-6-4-3-5-7-24(23)29-27(26)32/h3-9,18,21H,10-17H2,1-2H3,(H,29,32)/b28-20+. The molecular formula is C27H32N4O2. The zero-order valence-electron chi connectivity index (χ0n) is 19.5. The van der Waals surface area contributed by atoms with Crippen molar-refractivity contribution in [3.8, 4) is 11.3 Å². The van der Waals surface area contributed by atoms with Gasteiger partial charge in [0.05, 0.1) is 30.2 Å². The first kappa shape index (κ1) is 21.9. The summed E-state index contributed by atoms with van der Waals surface area (Å²) in [6.45, 7) is 9.94. The van der Waals surface area contributed by atoms with Gasteiger partial charge in [0, 0.05) is 49.2 Å². The number of nitrogens with zero attached hydrogens (tertiary/aromatic N) is 3. The van der Waals surface area contributed by atoms with Gasteiger partial charge in [0.2, 0.25) is 0 Å². The first-order valence-electron chi connectivity index (χ1n) is 11.9. The molecule has 6 heteroatoms. The van der Waals surface area contributed by atoms with Crippen molar-refractivity contribution in [3.05, 3.63) is 70.0 Å². The van der Waals surface area contributed by atoms with Crippen LogP contribution in [0.2, 0.25) is 0 Å². The van der Waals surface area contributed by atoms with E-state index in [0.29, 0.717) is 11.6 Å². The van der Waals surface area contributed by atoms with Crippen molar-refractivity contribution in [1.82, 2.24) is 9.88 Å². The predicted molar refractivity (Wildman–Crippen MR) is 134 cm³/mol. The van der Waals surface area contributed by atoms with E-state index in [1.807, 2.05) is 37.3 Å². The van der Waals surface area contributed by atoms with Gasteiger partial charge in [0.25, 0.3) is 5.56 Å². The summed E-state index contributed by atoms with van der Waals surface area (Å²) in [4.78, 5) is 25.6. The summed E-state index contributed by atoms with van der Waals surface area (Å²) in [6.07, 6.45) is 2.36. The molecule has 0 aromatic heterocycles. The summed E-state index contributed by atoms with van der Waals surface area (Å²) < 4.78 is 5.51. The Morgan fingerprint density at radius 1 is 1.03 bits per heavy atom. The van der Waals surface area contributed by atoms with E-state index in [1.54, 1.807) is 0 Å². The van der Waals surface area contributed by atoms with Gasteiger partial charge in [-0.25, -0.2) is 0 Å². The molecule has 0 radical (unpaired) electrons. The van der Waals surface area contributed by atoms with Crippen LogP contribution in [0.25, 0.3) is 11.3 Å². The molecule has 0 spiro atoms. The second kappa shape index (κ2) is 9.49. The Kier molecular flexibility index (Phi) is 6.29. The number of morpholine rings is 1. The van der Waals surface area contributed by atoms with Crippen LogP contribution >= 0.6 is 0 Å². The summed E-state index contributed by atoms with van der Waals surface area (Å²) in [5, 5.41) is 0. The zero-order valence-corrected chi connectivity index (χ0v) is 19.5. The molecule has 1 N–H and O–H groups in total. The van der Waals surface area contributed by atoms with Crippen LogP contribution in [0.4, 0.5) is 11.4 Å². The molecule has 0 bridgehead atoms. The van der Waals surface area contributed by atoms with E-state index >= 15 is 0 Å². The molecule has 1 aliphatic carbocycles. The number of aryl methyl sites for hydroxylation is 1. The molecule has 0 unspecified atom stereocenters. The molecule has 33 heavy (non-hydrogen) atoms. The number of aromatic nitrogens is 1. The molecule has 172 valence electrons. The average Bonchev–Trinajstić information content (AvgIpc) is 2.99. The maximum Gasteiger partial charge on any atom is 0.258 e. The topological polar surface area (TPSA) is 60.9 Å². The number of piperidine rings is 1. The van der Waals surface area contributed by atoms with Crippen molar-refractivity contribution in [2.75, 3.05) is 44.3 Å². The van der Waals surface area contributed by atoms with E-state index in [4.69, 9.17) is 9.73 Å². The van der Waals surface area contributed by atoms with Crippen LogP contribution in [0, 0.1) is 6.92 Å². The minimum Gasteiger partial charge on any atom is -0.379 e. The number of hydrogen-bond donors (Lipinski definition) is 1. The highest BCUT2D eigenvalue weighted by atomic mass is 16.5. The van der Waals surface area contributed by atoms with Crippen molar-refractivity contribution >= 4 is 17.1 Å². The number of H-pyrrole nitrogens is 1. The Morgan fingerprint density at radius 3 is 2.58 bits per heavy atom. The van der Waals surface area contributed by atoms with Gasteiger partial charge in [0.1, 0.15) is 0 Å². The lowest BCUT2D eigenvalue weighted by Gasteiger charge is -2.40. The van der Waals surface area contributed by atoms with Crippen molar-refractivity contribution in [3.63, 3.8) is 0 Å². The molecule has 1 aromatic carbocycles. The van der Waals surface area contributed by atoms with E-state index in [2.05, 4.69) is 39.9 Å². The zero-order chi connectivity index (χ0) is 22.8. The number of benzene rings is 1. The van der Waals surface area contributed by atoms with Gasteiger partial charge >= 0.3 is 0 Å². The Labute approximate surface area is 195 Å². The van der Waals surface area contributed by atoms with Crippen molar-refractivity contribution in [2.45, 2.75) is 32.7 Å². The van der Waals surface area contributed by atoms with Gasteiger partial charge in [-0.2, -0.15) is 0 Å². The summed E-state index contributed by atoms with van der Waals surface area (Å²) >= 11 is 0. The third kappa shape index (κ3) is 4.59. The second-order valence-corrected chi connectivity index (χ2v) is 9.10. The summed E-state index contributed by atoms with van der Waals surface area (Å²) in [6, 6.07) is 16.9. The average molecular weight is 445 g/mol. The highest BCUT2D eigenvalue weighted by Crippen LogP contribution is 2.30. The number of anilines is 1. The van der Waals surface area contributed by atoms with E-state index in [9.17, 15) is 4.79 Å². The fraction of sp³-hybridized carbons (Fsp3) is 0.407. The van der Waals surface area contributed by atoms with E-state index in [1.165, 1.54) is 18.5 Å². The van der Waals surface area contributed by atoms with Gasteiger partial charge in [0.15, 0.2) is 0 Å². The molecule has 2 fully saturated rings. The van der Waals surface area contributed by atoms with Crippen molar-refractivity contribution in [2.24, 2.45) is 4.99 Å². The van der Waals surface area contributed by atoms with Gasteiger partial charge in [-0.3, -0.25) is 14.7 Å². The van der Waals surface area contributed by atoms with Crippen LogP contribution in [0.5, 0.6) is 0 Å². The number of aromatic amines is 1. The summed E-state index contributed by atoms with van der Waals surface area (Å²) in [5.74, 6) is 0. The largest absolute Gasteiger partial charge is 0.379 e. The molecule has 0 atom stereocenters. The minimum atomic E-state index is -0.0866. The van der Waals surface area contributed by atoms with Crippen LogP contribution in [-0.4, -0.2) is 61.0 Å². The monoisotopic (exact) mass is 444 g/mol. The third-order valence-corrected chi connectivity index (χ3v) is 7.02. The third-order valence-electron chi connectivity index (χ3n) is 7.02. The molecule has 0 saturated carbocycles. The summed E-state index contributed by atoms with van der Waals surface area (Å²) in [7, 11) is 0. The SMILES string of the molecule is C/C(=N\c1cc(N2CCC(N3CCOCC3)CC2)ccc1C)c1c2cccccc-2[nH]c1=O. The highest BCUT2D eigenvalue weighted by molar-refractivity contribution is 6.05. The van der Waals surface area contributed by atoms with Crippen LogP contribution in [0.3, 0.4) is 0 Å². The van der Waals surface area contributed by atoms with Crippen LogP contribution in [0.1, 0.15) is 30.9 Å². The molecule has 4 aliphatic rings. The van der Waals surface area contributed by atoms with Crippen molar-refractivity contribution in [1.29, 1.82) is 0 Å². The first-order chi connectivity index (χ1) is 16.1. The lowest BCUT2D eigenvalue weighted by Crippen LogP contribution is -2.49. The Bertz CT molecular complexity index is 1170.